The normalized spacial score (nSPS) is 11.7. The first-order valence-corrected chi connectivity index (χ1v) is 6.59. The van der Waals surface area contributed by atoms with Gasteiger partial charge >= 0.3 is 0 Å². The summed E-state index contributed by atoms with van der Waals surface area (Å²) in [6.45, 7) is 5.74. The van der Waals surface area contributed by atoms with Crippen molar-refractivity contribution in [2.24, 2.45) is 11.4 Å². The predicted molar refractivity (Wildman–Crippen MR) is 59.3 cm³/mol. The van der Waals surface area contributed by atoms with Gasteiger partial charge in [0.1, 0.15) is 0 Å². The summed E-state index contributed by atoms with van der Waals surface area (Å²) in [7, 11) is -0.217. The Hall–Kier alpha value is -0.840. The summed E-state index contributed by atoms with van der Waals surface area (Å²) in [6, 6.07) is 1.85. The first kappa shape index (κ1) is 11.2. The van der Waals surface area contributed by atoms with E-state index in [1.165, 1.54) is 0 Å². The second kappa shape index (κ2) is 4.13. The second-order valence-electron chi connectivity index (χ2n) is 3.21. The van der Waals surface area contributed by atoms with Crippen LogP contribution in [-0.4, -0.2) is 25.5 Å². The molecule has 0 aromatic carbocycles. The number of nitrogens with zero attached hydrogens (tertiary/aromatic N) is 3. The Morgan fingerprint density at radius 2 is 2.07 bits per heavy atom. The molecule has 0 bridgehead atoms. The molecule has 14 heavy (non-hydrogen) atoms. The SMILES string of the molecule is CCS(=O)(CC)=Nc1cc(C)n(C)n1. The molecule has 1 aromatic heterocycles. The molecule has 0 unspecified atom stereocenters. The summed E-state index contributed by atoms with van der Waals surface area (Å²) in [6.07, 6.45) is 0. The number of aromatic nitrogens is 2. The van der Waals surface area contributed by atoms with Crippen molar-refractivity contribution in [1.29, 1.82) is 0 Å². The van der Waals surface area contributed by atoms with Crippen LogP contribution in [-0.2, 0) is 16.8 Å². The topological polar surface area (TPSA) is 47.2 Å². The largest absolute Gasteiger partial charge is 0.271 e. The first-order valence-electron chi connectivity index (χ1n) is 4.74. The monoisotopic (exact) mass is 215 g/mol. The summed E-state index contributed by atoms with van der Waals surface area (Å²) in [5, 5.41) is 4.16. The minimum absolute atomic E-state index is 0.582. The maximum absolute atomic E-state index is 12.0. The van der Waals surface area contributed by atoms with Crippen LogP contribution in [0.15, 0.2) is 10.4 Å². The molecule has 0 aliphatic heterocycles. The Balaban J connectivity index is 3.14. The van der Waals surface area contributed by atoms with Crippen molar-refractivity contribution >= 4 is 15.5 Å². The van der Waals surface area contributed by atoms with Crippen molar-refractivity contribution in [3.63, 3.8) is 0 Å². The van der Waals surface area contributed by atoms with E-state index in [4.69, 9.17) is 0 Å². The number of hydrogen-bond acceptors (Lipinski definition) is 3. The van der Waals surface area contributed by atoms with Crippen molar-refractivity contribution in [2.45, 2.75) is 20.8 Å². The van der Waals surface area contributed by atoms with Crippen LogP contribution < -0.4 is 0 Å². The summed E-state index contributed by atoms with van der Waals surface area (Å²) >= 11 is 0. The number of aryl methyl sites for hydroxylation is 2. The Labute approximate surface area is 85.5 Å². The molecule has 0 atom stereocenters. The fourth-order valence-electron chi connectivity index (χ4n) is 1.09. The smallest absolute Gasteiger partial charge is 0.183 e. The predicted octanol–water partition coefficient (Wildman–Crippen LogP) is 1.87. The van der Waals surface area contributed by atoms with Gasteiger partial charge in [0.2, 0.25) is 0 Å². The van der Waals surface area contributed by atoms with Crippen LogP contribution in [0.4, 0.5) is 5.82 Å². The van der Waals surface area contributed by atoms with Gasteiger partial charge in [-0.15, -0.1) is 0 Å². The van der Waals surface area contributed by atoms with E-state index in [0.29, 0.717) is 17.3 Å². The first-order chi connectivity index (χ1) is 6.50. The highest BCUT2D eigenvalue weighted by Gasteiger charge is 2.05. The summed E-state index contributed by atoms with van der Waals surface area (Å²) in [4.78, 5) is 0. The fourth-order valence-corrected chi connectivity index (χ4v) is 2.19. The molecule has 0 saturated carbocycles. The molecule has 0 saturated heterocycles. The summed E-state index contributed by atoms with van der Waals surface area (Å²) in [5.74, 6) is 1.75. The number of rotatable bonds is 3. The van der Waals surface area contributed by atoms with Crippen LogP contribution in [0.3, 0.4) is 0 Å². The Kier molecular flexibility index (Phi) is 3.31. The highest BCUT2D eigenvalue weighted by molar-refractivity contribution is 7.93. The molecule has 0 amide bonds. The standard InChI is InChI=1S/C9H17N3OS/c1-5-14(13,6-2)11-9-7-8(3)12(4)10-9/h7H,5-6H2,1-4H3. The molecule has 1 rings (SSSR count). The highest BCUT2D eigenvalue weighted by atomic mass is 32.2. The lowest BCUT2D eigenvalue weighted by Gasteiger charge is -2.00. The third-order valence-corrected chi connectivity index (χ3v) is 4.59. The van der Waals surface area contributed by atoms with E-state index < -0.39 is 9.73 Å². The highest BCUT2D eigenvalue weighted by Crippen LogP contribution is 2.14. The van der Waals surface area contributed by atoms with Crippen molar-refractivity contribution in [2.75, 3.05) is 11.5 Å². The van der Waals surface area contributed by atoms with Gasteiger partial charge in [-0.2, -0.15) is 9.46 Å². The quantitative estimate of drug-likeness (QED) is 0.772. The van der Waals surface area contributed by atoms with Crippen molar-refractivity contribution in [1.82, 2.24) is 9.78 Å². The van der Waals surface area contributed by atoms with Crippen molar-refractivity contribution < 1.29 is 4.21 Å². The molecular formula is C9H17N3OS. The molecular weight excluding hydrogens is 198 g/mol. The van der Waals surface area contributed by atoms with E-state index >= 15 is 0 Å². The minimum atomic E-state index is -2.07. The molecule has 4 nitrogen and oxygen atoms in total. The molecule has 0 radical (unpaired) electrons. The molecule has 0 spiro atoms. The molecule has 5 heteroatoms. The molecule has 0 N–H and O–H groups in total. The van der Waals surface area contributed by atoms with Gasteiger partial charge in [-0.05, 0) is 6.92 Å². The van der Waals surface area contributed by atoms with Gasteiger partial charge in [0, 0.05) is 30.3 Å². The van der Waals surface area contributed by atoms with E-state index in [9.17, 15) is 4.21 Å². The lowest BCUT2D eigenvalue weighted by Crippen LogP contribution is -2.05. The second-order valence-corrected chi connectivity index (χ2v) is 6.09. The average Bonchev–Trinajstić information content (AvgIpc) is 2.45. The van der Waals surface area contributed by atoms with Gasteiger partial charge in [-0.3, -0.25) is 4.68 Å². The third kappa shape index (κ3) is 2.35. The molecule has 80 valence electrons. The third-order valence-electron chi connectivity index (χ3n) is 2.26. The van der Waals surface area contributed by atoms with E-state index in [-0.39, 0.29) is 0 Å². The molecule has 0 fully saturated rings. The van der Waals surface area contributed by atoms with Gasteiger partial charge < -0.3 is 0 Å². The van der Waals surface area contributed by atoms with Crippen molar-refractivity contribution in [3.8, 4) is 0 Å². The van der Waals surface area contributed by atoms with E-state index in [2.05, 4.69) is 9.46 Å². The lowest BCUT2D eigenvalue weighted by molar-refractivity contribution is 0.677. The summed E-state index contributed by atoms with van der Waals surface area (Å²) in [5.41, 5.74) is 1.03. The van der Waals surface area contributed by atoms with Crippen molar-refractivity contribution in [3.05, 3.63) is 11.8 Å². The molecule has 0 aliphatic carbocycles. The van der Waals surface area contributed by atoms with Crippen LogP contribution in [0.1, 0.15) is 19.5 Å². The molecule has 0 aliphatic rings. The van der Waals surface area contributed by atoms with Crippen LogP contribution in [0.2, 0.25) is 0 Å². The van der Waals surface area contributed by atoms with Gasteiger partial charge in [0.15, 0.2) is 5.82 Å². The average molecular weight is 215 g/mol. The minimum Gasteiger partial charge on any atom is -0.271 e. The van der Waals surface area contributed by atoms with Crippen LogP contribution in [0.5, 0.6) is 0 Å². The molecule has 1 heterocycles. The zero-order valence-electron chi connectivity index (χ0n) is 9.15. The number of hydrogen-bond donors (Lipinski definition) is 0. The zero-order valence-corrected chi connectivity index (χ0v) is 9.97. The van der Waals surface area contributed by atoms with Gasteiger partial charge in [-0.1, -0.05) is 13.8 Å². The Bertz CT molecular complexity index is 398. The Morgan fingerprint density at radius 3 is 2.43 bits per heavy atom. The van der Waals surface area contributed by atoms with Gasteiger partial charge in [-0.25, -0.2) is 4.21 Å². The zero-order chi connectivity index (χ0) is 10.8. The fraction of sp³-hybridized carbons (Fsp3) is 0.667. The maximum atomic E-state index is 12.0. The Morgan fingerprint density at radius 1 is 1.50 bits per heavy atom. The van der Waals surface area contributed by atoms with E-state index in [1.54, 1.807) is 4.68 Å². The van der Waals surface area contributed by atoms with Crippen LogP contribution >= 0.6 is 0 Å². The van der Waals surface area contributed by atoms with E-state index in [0.717, 1.165) is 5.69 Å². The lowest BCUT2D eigenvalue weighted by atomic mass is 10.5. The van der Waals surface area contributed by atoms with Gasteiger partial charge in [0.25, 0.3) is 0 Å². The van der Waals surface area contributed by atoms with E-state index in [1.807, 2.05) is 33.9 Å². The van der Waals surface area contributed by atoms with Crippen LogP contribution in [0, 0.1) is 6.92 Å². The summed E-state index contributed by atoms with van der Waals surface area (Å²) < 4.78 is 17.9. The maximum Gasteiger partial charge on any atom is 0.183 e. The van der Waals surface area contributed by atoms with Crippen LogP contribution in [0.25, 0.3) is 0 Å². The van der Waals surface area contributed by atoms with Gasteiger partial charge in [0.05, 0.1) is 9.73 Å². The molecule has 1 aromatic rings.